The number of hydrogen-bond donors (Lipinski definition) is 1. The predicted molar refractivity (Wildman–Crippen MR) is 56.7 cm³/mol. The average Bonchev–Trinajstić information content (AvgIpc) is 2.02. The molecule has 2 aliphatic rings. The first-order chi connectivity index (χ1) is 6.09. The molecule has 1 nitrogen and oxygen atoms in total. The molecule has 1 heterocycles. The van der Waals surface area contributed by atoms with Gasteiger partial charge in [-0.15, -0.1) is 0 Å². The lowest BCUT2D eigenvalue weighted by atomic mass is 9.63. The minimum atomic E-state index is 0.579. The van der Waals surface area contributed by atoms with Crippen molar-refractivity contribution >= 4 is 0 Å². The summed E-state index contributed by atoms with van der Waals surface area (Å²) in [4.78, 5) is 0. The van der Waals surface area contributed by atoms with Crippen LogP contribution in [0.15, 0.2) is 0 Å². The molecule has 0 amide bonds. The molecule has 1 N–H and O–H groups in total. The first-order valence-corrected chi connectivity index (χ1v) is 5.86. The van der Waals surface area contributed by atoms with E-state index < -0.39 is 0 Å². The van der Waals surface area contributed by atoms with Crippen LogP contribution in [0.4, 0.5) is 0 Å². The zero-order chi connectivity index (χ0) is 9.47. The van der Waals surface area contributed by atoms with Gasteiger partial charge in [-0.1, -0.05) is 26.7 Å². The van der Waals surface area contributed by atoms with Crippen molar-refractivity contribution in [1.29, 1.82) is 0 Å². The standard InChI is InChI=1S/C12H23N/c1-9-8-12(2,3)10-6-4-5-7-11(10)13-9/h9-11,13H,4-8H2,1-3H3. The molecule has 0 spiro atoms. The summed E-state index contributed by atoms with van der Waals surface area (Å²) in [5.41, 5.74) is 0.579. The summed E-state index contributed by atoms with van der Waals surface area (Å²) in [6, 6.07) is 1.56. The van der Waals surface area contributed by atoms with Gasteiger partial charge in [0.05, 0.1) is 0 Å². The van der Waals surface area contributed by atoms with Gasteiger partial charge in [0.25, 0.3) is 0 Å². The van der Waals surface area contributed by atoms with Gasteiger partial charge >= 0.3 is 0 Å². The Bertz CT molecular complexity index is 186. The second-order valence-electron chi connectivity index (χ2n) is 5.76. The Labute approximate surface area is 82.3 Å². The van der Waals surface area contributed by atoms with E-state index in [-0.39, 0.29) is 0 Å². The van der Waals surface area contributed by atoms with E-state index in [9.17, 15) is 0 Å². The summed E-state index contributed by atoms with van der Waals surface area (Å²) < 4.78 is 0. The van der Waals surface area contributed by atoms with E-state index in [1.54, 1.807) is 0 Å². The molecule has 2 rings (SSSR count). The third kappa shape index (κ3) is 1.76. The molecule has 76 valence electrons. The third-order valence-electron chi connectivity index (χ3n) is 4.10. The second-order valence-corrected chi connectivity index (χ2v) is 5.76. The van der Waals surface area contributed by atoms with Crippen LogP contribution < -0.4 is 5.32 Å². The Kier molecular flexibility index (Phi) is 2.39. The summed E-state index contributed by atoms with van der Waals surface area (Å²) in [7, 11) is 0. The first kappa shape index (κ1) is 9.51. The molecule has 1 aliphatic heterocycles. The molecule has 1 heteroatoms. The van der Waals surface area contributed by atoms with Gasteiger partial charge in [0, 0.05) is 12.1 Å². The Hall–Kier alpha value is -0.0400. The van der Waals surface area contributed by atoms with Crippen LogP contribution in [0.3, 0.4) is 0 Å². The fourth-order valence-corrected chi connectivity index (χ4v) is 3.63. The number of piperidine rings is 1. The van der Waals surface area contributed by atoms with E-state index in [0.717, 1.165) is 18.0 Å². The second kappa shape index (κ2) is 3.27. The molecule has 0 radical (unpaired) electrons. The van der Waals surface area contributed by atoms with Crippen molar-refractivity contribution in [3.8, 4) is 0 Å². The van der Waals surface area contributed by atoms with E-state index in [1.807, 2.05) is 0 Å². The van der Waals surface area contributed by atoms with Crippen LogP contribution in [0.5, 0.6) is 0 Å². The summed E-state index contributed by atoms with van der Waals surface area (Å²) in [6.45, 7) is 7.27. The lowest BCUT2D eigenvalue weighted by Crippen LogP contribution is -2.55. The van der Waals surface area contributed by atoms with E-state index in [0.29, 0.717) is 5.41 Å². The molecular formula is C12H23N. The van der Waals surface area contributed by atoms with Gasteiger partial charge in [-0.05, 0) is 37.5 Å². The molecule has 0 aromatic rings. The van der Waals surface area contributed by atoms with Gasteiger partial charge in [-0.2, -0.15) is 0 Å². The van der Waals surface area contributed by atoms with Crippen molar-refractivity contribution in [2.45, 2.75) is 65.0 Å². The number of fused-ring (bicyclic) bond motifs is 1. The van der Waals surface area contributed by atoms with Gasteiger partial charge in [0.2, 0.25) is 0 Å². The zero-order valence-corrected chi connectivity index (χ0v) is 9.27. The van der Waals surface area contributed by atoms with Gasteiger partial charge in [0.15, 0.2) is 0 Å². The number of hydrogen-bond acceptors (Lipinski definition) is 1. The van der Waals surface area contributed by atoms with Crippen molar-refractivity contribution < 1.29 is 0 Å². The maximum Gasteiger partial charge on any atom is 0.0103 e. The van der Waals surface area contributed by atoms with Gasteiger partial charge in [-0.25, -0.2) is 0 Å². The van der Waals surface area contributed by atoms with Crippen LogP contribution in [0, 0.1) is 11.3 Å². The normalized spacial score (nSPS) is 44.1. The minimum absolute atomic E-state index is 0.579. The Morgan fingerprint density at radius 1 is 1.15 bits per heavy atom. The highest BCUT2D eigenvalue weighted by molar-refractivity contribution is 4.96. The SMILES string of the molecule is CC1CC(C)(C)C2CCCCC2N1. The number of nitrogens with one attached hydrogen (secondary N) is 1. The van der Waals surface area contributed by atoms with Crippen LogP contribution in [0.25, 0.3) is 0 Å². The van der Waals surface area contributed by atoms with Crippen molar-refractivity contribution in [3.63, 3.8) is 0 Å². The average molecular weight is 181 g/mol. The largest absolute Gasteiger partial charge is 0.311 e. The molecule has 13 heavy (non-hydrogen) atoms. The van der Waals surface area contributed by atoms with Gasteiger partial charge in [0.1, 0.15) is 0 Å². The summed E-state index contributed by atoms with van der Waals surface area (Å²) in [6.07, 6.45) is 7.13. The smallest absolute Gasteiger partial charge is 0.0103 e. The van der Waals surface area contributed by atoms with E-state index in [1.165, 1.54) is 32.1 Å². The molecular weight excluding hydrogens is 158 g/mol. The highest BCUT2D eigenvalue weighted by Gasteiger charge is 2.41. The molecule has 3 atom stereocenters. The Morgan fingerprint density at radius 2 is 1.85 bits per heavy atom. The monoisotopic (exact) mass is 181 g/mol. The highest BCUT2D eigenvalue weighted by Crippen LogP contribution is 2.44. The molecule has 2 fully saturated rings. The maximum absolute atomic E-state index is 3.77. The zero-order valence-electron chi connectivity index (χ0n) is 9.27. The summed E-state index contributed by atoms with van der Waals surface area (Å²) in [5, 5.41) is 3.77. The third-order valence-corrected chi connectivity index (χ3v) is 4.10. The quantitative estimate of drug-likeness (QED) is 0.606. The lowest BCUT2D eigenvalue weighted by Gasteiger charge is -2.49. The van der Waals surface area contributed by atoms with Crippen molar-refractivity contribution in [2.75, 3.05) is 0 Å². The Morgan fingerprint density at radius 3 is 2.62 bits per heavy atom. The first-order valence-electron chi connectivity index (χ1n) is 5.86. The van der Waals surface area contributed by atoms with E-state index >= 15 is 0 Å². The van der Waals surface area contributed by atoms with Crippen molar-refractivity contribution in [1.82, 2.24) is 5.32 Å². The van der Waals surface area contributed by atoms with E-state index in [2.05, 4.69) is 26.1 Å². The van der Waals surface area contributed by atoms with Crippen LogP contribution in [-0.4, -0.2) is 12.1 Å². The topological polar surface area (TPSA) is 12.0 Å². The van der Waals surface area contributed by atoms with Crippen LogP contribution in [0.1, 0.15) is 52.9 Å². The predicted octanol–water partition coefficient (Wildman–Crippen LogP) is 2.95. The van der Waals surface area contributed by atoms with Crippen molar-refractivity contribution in [2.24, 2.45) is 11.3 Å². The number of rotatable bonds is 0. The Balaban J connectivity index is 2.12. The van der Waals surface area contributed by atoms with Crippen LogP contribution >= 0.6 is 0 Å². The lowest BCUT2D eigenvalue weighted by molar-refractivity contribution is 0.0484. The fourth-order valence-electron chi connectivity index (χ4n) is 3.63. The summed E-state index contributed by atoms with van der Waals surface area (Å²) >= 11 is 0. The minimum Gasteiger partial charge on any atom is -0.311 e. The molecule has 0 aromatic heterocycles. The molecule has 1 saturated heterocycles. The highest BCUT2D eigenvalue weighted by atomic mass is 15.0. The molecule has 1 saturated carbocycles. The van der Waals surface area contributed by atoms with Crippen LogP contribution in [0.2, 0.25) is 0 Å². The van der Waals surface area contributed by atoms with Crippen molar-refractivity contribution in [3.05, 3.63) is 0 Å². The molecule has 1 aliphatic carbocycles. The molecule has 0 bridgehead atoms. The fraction of sp³-hybridized carbons (Fsp3) is 1.00. The van der Waals surface area contributed by atoms with Gasteiger partial charge in [-0.3, -0.25) is 0 Å². The maximum atomic E-state index is 3.77. The van der Waals surface area contributed by atoms with E-state index in [4.69, 9.17) is 0 Å². The molecule has 3 unspecified atom stereocenters. The molecule has 0 aromatic carbocycles. The van der Waals surface area contributed by atoms with Gasteiger partial charge < -0.3 is 5.32 Å². The van der Waals surface area contributed by atoms with Crippen LogP contribution in [-0.2, 0) is 0 Å². The summed E-state index contributed by atoms with van der Waals surface area (Å²) in [5.74, 6) is 0.942.